The molecule has 1 saturated carbocycles. The van der Waals surface area contributed by atoms with Crippen LogP contribution in [0.3, 0.4) is 0 Å². The van der Waals surface area contributed by atoms with E-state index in [9.17, 15) is 17.2 Å². The summed E-state index contributed by atoms with van der Waals surface area (Å²) in [5.74, 6) is 1.33. The third-order valence-electron chi connectivity index (χ3n) is 6.05. The first kappa shape index (κ1) is 21.1. The van der Waals surface area contributed by atoms with Gasteiger partial charge in [-0.3, -0.25) is 0 Å². The zero-order chi connectivity index (χ0) is 21.3. The van der Waals surface area contributed by atoms with E-state index in [1.54, 1.807) is 0 Å². The smallest absolute Gasteiger partial charge is 0.225 e. The van der Waals surface area contributed by atoms with E-state index in [0.717, 1.165) is 44.7 Å². The van der Waals surface area contributed by atoms with Gasteiger partial charge in [0.05, 0.1) is 30.5 Å². The van der Waals surface area contributed by atoms with E-state index in [0.29, 0.717) is 35.9 Å². The lowest BCUT2D eigenvalue weighted by Gasteiger charge is -2.32. The molecule has 1 aliphatic carbocycles. The zero-order valence-electron chi connectivity index (χ0n) is 16.8. The van der Waals surface area contributed by atoms with Crippen molar-refractivity contribution in [2.75, 3.05) is 30.9 Å². The normalized spacial score (nSPS) is 22.3. The summed E-state index contributed by atoms with van der Waals surface area (Å²) >= 11 is 0. The number of rotatable bonds is 7. The maximum Gasteiger partial charge on any atom is 0.225 e. The van der Waals surface area contributed by atoms with E-state index in [4.69, 9.17) is 4.74 Å². The van der Waals surface area contributed by atoms with Gasteiger partial charge >= 0.3 is 0 Å². The van der Waals surface area contributed by atoms with Gasteiger partial charge in [-0.2, -0.15) is 0 Å². The Bertz CT molecular complexity index is 993. The molecule has 1 aliphatic heterocycles. The van der Waals surface area contributed by atoms with Crippen LogP contribution >= 0.6 is 0 Å². The molecule has 2 aromatic rings. The molecule has 9 heteroatoms. The molecule has 0 unspecified atom stereocenters. The zero-order valence-corrected chi connectivity index (χ0v) is 17.6. The third-order valence-corrected chi connectivity index (χ3v) is 7.16. The minimum atomic E-state index is -3.42. The fourth-order valence-corrected chi connectivity index (χ4v) is 4.87. The number of sulfone groups is 1. The summed E-state index contributed by atoms with van der Waals surface area (Å²) in [5.41, 5.74) is 0.368. The van der Waals surface area contributed by atoms with Crippen LogP contribution < -0.4 is 4.90 Å². The molecule has 2 atom stereocenters. The summed E-state index contributed by atoms with van der Waals surface area (Å²) in [7, 11) is -3.42. The first-order chi connectivity index (χ1) is 14.3. The van der Waals surface area contributed by atoms with E-state index < -0.39 is 21.5 Å². The average Bonchev–Trinajstić information content (AvgIpc) is 3.49. The summed E-state index contributed by atoms with van der Waals surface area (Å²) in [6.07, 6.45) is 6.66. The standard InChI is InChI=1S/C21H25F2N3O3S/c1-30(27,28)18-3-2-15(20(23)9-18)12-29-13-16-8-19(16)14-4-6-26(7-5-14)21-24-10-17(22)11-25-21/h2-3,9-11,14,16,19H,4-8,12-13H2,1H3/t16-,19+/m0/s1. The average molecular weight is 438 g/mol. The van der Waals surface area contributed by atoms with E-state index in [1.807, 2.05) is 0 Å². The van der Waals surface area contributed by atoms with Crippen molar-refractivity contribution >= 4 is 15.8 Å². The highest BCUT2D eigenvalue weighted by atomic mass is 32.2. The summed E-state index contributed by atoms with van der Waals surface area (Å²) < 4.78 is 55.8. The molecule has 1 aromatic carbocycles. The van der Waals surface area contributed by atoms with Crippen LogP contribution in [-0.4, -0.2) is 44.3 Å². The van der Waals surface area contributed by atoms with Crippen LogP contribution in [0, 0.1) is 29.4 Å². The quantitative estimate of drug-likeness (QED) is 0.662. The summed E-state index contributed by atoms with van der Waals surface area (Å²) in [4.78, 5) is 10.2. The highest BCUT2D eigenvalue weighted by molar-refractivity contribution is 7.90. The van der Waals surface area contributed by atoms with Crippen LogP contribution in [0.2, 0.25) is 0 Å². The van der Waals surface area contributed by atoms with Gasteiger partial charge in [0.15, 0.2) is 15.7 Å². The Hall–Kier alpha value is -2.13. The van der Waals surface area contributed by atoms with Gasteiger partial charge in [-0.25, -0.2) is 27.2 Å². The van der Waals surface area contributed by atoms with Gasteiger partial charge in [-0.15, -0.1) is 0 Å². The Morgan fingerprint density at radius 2 is 1.87 bits per heavy atom. The van der Waals surface area contributed by atoms with Gasteiger partial charge < -0.3 is 9.64 Å². The van der Waals surface area contributed by atoms with Crippen LogP contribution in [0.5, 0.6) is 0 Å². The lowest BCUT2D eigenvalue weighted by atomic mass is 9.91. The molecule has 6 nitrogen and oxygen atoms in total. The topological polar surface area (TPSA) is 72.4 Å². The summed E-state index contributed by atoms with van der Waals surface area (Å²) in [6.45, 7) is 2.44. The Morgan fingerprint density at radius 1 is 1.17 bits per heavy atom. The molecule has 0 N–H and O–H groups in total. The number of benzene rings is 1. The molecule has 2 aliphatic rings. The molecule has 0 spiro atoms. The molecule has 0 radical (unpaired) electrons. The molecule has 2 fully saturated rings. The second-order valence-electron chi connectivity index (χ2n) is 8.23. The van der Waals surface area contributed by atoms with Gasteiger partial charge in [-0.1, -0.05) is 6.07 Å². The molecular weight excluding hydrogens is 412 g/mol. The number of aromatic nitrogens is 2. The van der Waals surface area contributed by atoms with Gasteiger partial charge in [0.2, 0.25) is 5.95 Å². The highest BCUT2D eigenvalue weighted by Crippen LogP contribution is 2.48. The lowest BCUT2D eigenvalue weighted by molar-refractivity contribution is 0.102. The number of halogens is 2. The number of ether oxygens (including phenoxy) is 1. The minimum Gasteiger partial charge on any atom is -0.376 e. The van der Waals surface area contributed by atoms with Crippen molar-refractivity contribution in [3.8, 4) is 0 Å². The molecule has 30 heavy (non-hydrogen) atoms. The van der Waals surface area contributed by atoms with Crippen molar-refractivity contribution < 1.29 is 21.9 Å². The maximum absolute atomic E-state index is 14.1. The maximum atomic E-state index is 14.1. The van der Waals surface area contributed by atoms with Crippen LogP contribution in [0.1, 0.15) is 24.8 Å². The second kappa shape index (κ2) is 8.55. The van der Waals surface area contributed by atoms with Crippen molar-refractivity contribution in [1.29, 1.82) is 0 Å². The van der Waals surface area contributed by atoms with Crippen molar-refractivity contribution in [2.45, 2.75) is 30.8 Å². The second-order valence-corrected chi connectivity index (χ2v) is 10.2. The first-order valence-corrected chi connectivity index (χ1v) is 12.0. The van der Waals surface area contributed by atoms with Crippen LogP contribution in [0.4, 0.5) is 14.7 Å². The Balaban J connectivity index is 1.20. The Kier molecular flexibility index (Phi) is 6.02. The van der Waals surface area contributed by atoms with Crippen LogP contribution in [0.25, 0.3) is 0 Å². The van der Waals surface area contributed by atoms with E-state index in [2.05, 4.69) is 14.9 Å². The number of nitrogens with zero attached hydrogens (tertiary/aromatic N) is 3. The lowest BCUT2D eigenvalue weighted by Crippen LogP contribution is -2.35. The van der Waals surface area contributed by atoms with E-state index in [-0.39, 0.29) is 11.5 Å². The molecule has 0 amide bonds. The first-order valence-electron chi connectivity index (χ1n) is 10.1. The number of piperidine rings is 1. The van der Waals surface area contributed by atoms with Gasteiger partial charge in [-0.05, 0) is 49.1 Å². The van der Waals surface area contributed by atoms with Crippen molar-refractivity contribution in [3.63, 3.8) is 0 Å². The molecule has 162 valence electrons. The molecular formula is C21H25F2N3O3S. The number of anilines is 1. The molecule has 1 aromatic heterocycles. The van der Waals surface area contributed by atoms with Crippen LogP contribution in [0.15, 0.2) is 35.5 Å². The molecule has 1 saturated heterocycles. The summed E-state index contributed by atoms with van der Waals surface area (Å²) in [6, 6.07) is 3.94. The predicted molar refractivity (Wildman–Crippen MR) is 108 cm³/mol. The van der Waals surface area contributed by atoms with Gasteiger partial charge in [0, 0.05) is 24.9 Å². The van der Waals surface area contributed by atoms with E-state index >= 15 is 0 Å². The Morgan fingerprint density at radius 3 is 2.50 bits per heavy atom. The predicted octanol–water partition coefficient (Wildman–Crippen LogP) is 3.23. The number of hydrogen-bond donors (Lipinski definition) is 0. The molecule has 2 heterocycles. The van der Waals surface area contributed by atoms with E-state index in [1.165, 1.54) is 24.5 Å². The summed E-state index contributed by atoms with van der Waals surface area (Å²) in [5, 5.41) is 0. The van der Waals surface area contributed by atoms with Crippen LogP contribution in [-0.2, 0) is 21.2 Å². The number of hydrogen-bond acceptors (Lipinski definition) is 6. The van der Waals surface area contributed by atoms with Crippen molar-refractivity contribution in [3.05, 3.63) is 47.8 Å². The van der Waals surface area contributed by atoms with Gasteiger partial charge in [0.1, 0.15) is 5.82 Å². The monoisotopic (exact) mass is 437 g/mol. The fraction of sp³-hybridized carbons (Fsp3) is 0.524. The SMILES string of the molecule is CS(=O)(=O)c1ccc(COC[C@@H]2C[C@@H]2C2CCN(c3ncc(F)cn3)CC2)c(F)c1. The third kappa shape index (κ3) is 4.95. The minimum absolute atomic E-state index is 0.0246. The molecule has 4 rings (SSSR count). The Labute approximate surface area is 175 Å². The largest absolute Gasteiger partial charge is 0.376 e. The molecule has 0 bridgehead atoms. The fourth-order valence-electron chi connectivity index (χ4n) is 4.23. The van der Waals surface area contributed by atoms with Crippen molar-refractivity contribution in [1.82, 2.24) is 9.97 Å². The highest BCUT2D eigenvalue weighted by Gasteiger charge is 2.43. The van der Waals surface area contributed by atoms with Crippen molar-refractivity contribution in [2.24, 2.45) is 17.8 Å². The van der Waals surface area contributed by atoms with Gasteiger partial charge in [0.25, 0.3) is 0 Å².